The summed E-state index contributed by atoms with van der Waals surface area (Å²) < 4.78 is 0. The van der Waals surface area contributed by atoms with Crippen LogP contribution in [0.1, 0.15) is 5.69 Å². The first-order valence-corrected chi connectivity index (χ1v) is 4.37. The van der Waals surface area contributed by atoms with Crippen LogP contribution in [0.4, 0.5) is 0 Å². The van der Waals surface area contributed by atoms with Gasteiger partial charge in [-0.25, -0.2) is 4.98 Å². The molecule has 0 aliphatic rings. The zero-order valence-electron chi connectivity index (χ0n) is 7.73. The molecule has 1 atom stereocenters. The van der Waals surface area contributed by atoms with Gasteiger partial charge in [0.2, 0.25) is 0 Å². The molecule has 0 saturated carbocycles. The van der Waals surface area contributed by atoms with Crippen LogP contribution in [-0.2, 0) is 11.2 Å². The summed E-state index contributed by atoms with van der Waals surface area (Å²) in [7, 11) is 0. The summed E-state index contributed by atoms with van der Waals surface area (Å²) in [4.78, 5) is 17.5. The van der Waals surface area contributed by atoms with Crippen molar-refractivity contribution in [2.24, 2.45) is 5.73 Å². The van der Waals surface area contributed by atoms with E-state index in [4.69, 9.17) is 10.8 Å². The smallest absolute Gasteiger partial charge is 0.321 e. The van der Waals surface area contributed by atoms with Gasteiger partial charge in [0.25, 0.3) is 0 Å². The lowest BCUT2D eigenvalue weighted by Crippen LogP contribution is -2.41. The first-order chi connectivity index (χ1) is 6.74. The molecule has 6 nitrogen and oxygen atoms in total. The minimum atomic E-state index is -0.881. The van der Waals surface area contributed by atoms with E-state index in [0.717, 1.165) is 5.69 Å². The van der Waals surface area contributed by atoms with Crippen molar-refractivity contribution in [3.05, 3.63) is 18.2 Å². The van der Waals surface area contributed by atoms with E-state index in [2.05, 4.69) is 15.3 Å². The fourth-order valence-electron chi connectivity index (χ4n) is 1.12. The second kappa shape index (κ2) is 5.36. The number of carbonyl (C=O) groups is 1. The molecule has 1 aromatic rings. The lowest BCUT2D eigenvalue weighted by molar-refractivity contribution is -0.139. The van der Waals surface area contributed by atoms with Gasteiger partial charge < -0.3 is 21.1 Å². The van der Waals surface area contributed by atoms with E-state index in [-0.39, 0.29) is 0 Å². The number of nitrogens with two attached hydrogens (primary N) is 1. The third-order valence-electron chi connectivity index (χ3n) is 1.81. The van der Waals surface area contributed by atoms with E-state index in [1.165, 1.54) is 6.33 Å². The minimum absolute atomic E-state index is 0.384. The molecule has 5 N–H and O–H groups in total. The first-order valence-electron chi connectivity index (χ1n) is 4.37. The molecule has 0 unspecified atom stereocenters. The molecule has 1 heterocycles. The van der Waals surface area contributed by atoms with Crippen LogP contribution in [0.25, 0.3) is 0 Å². The second-order valence-corrected chi connectivity index (χ2v) is 2.91. The van der Waals surface area contributed by atoms with Crippen LogP contribution in [0.15, 0.2) is 12.5 Å². The Balaban J connectivity index is 2.47. The summed E-state index contributed by atoms with van der Waals surface area (Å²) in [5.41, 5.74) is 6.07. The minimum Gasteiger partial charge on any atom is -0.480 e. The lowest BCUT2D eigenvalue weighted by atomic mass is 10.1. The van der Waals surface area contributed by atoms with Crippen LogP contribution in [0.2, 0.25) is 0 Å². The largest absolute Gasteiger partial charge is 0.480 e. The van der Waals surface area contributed by atoms with Gasteiger partial charge in [-0.2, -0.15) is 0 Å². The number of hydrogen-bond donors (Lipinski definition) is 4. The van der Waals surface area contributed by atoms with Crippen LogP contribution >= 0.6 is 0 Å². The SMILES string of the molecule is NCCN[C@@H](Cc1cnc[nH]1)C(=O)O. The number of H-pyrrole nitrogens is 1. The highest BCUT2D eigenvalue weighted by atomic mass is 16.4. The number of imidazole rings is 1. The summed E-state index contributed by atoms with van der Waals surface area (Å²) >= 11 is 0. The molecule has 1 aromatic heterocycles. The molecule has 0 aromatic carbocycles. The average Bonchev–Trinajstić information content (AvgIpc) is 2.64. The maximum atomic E-state index is 10.8. The van der Waals surface area contributed by atoms with Crippen molar-refractivity contribution in [3.63, 3.8) is 0 Å². The van der Waals surface area contributed by atoms with Crippen molar-refractivity contribution < 1.29 is 9.90 Å². The Bertz CT molecular complexity index is 273. The predicted octanol–water partition coefficient (Wildman–Crippen LogP) is -1.05. The van der Waals surface area contributed by atoms with Crippen molar-refractivity contribution >= 4 is 5.97 Å². The molecule has 14 heavy (non-hydrogen) atoms. The quantitative estimate of drug-likeness (QED) is 0.467. The number of carboxylic acids is 1. The zero-order chi connectivity index (χ0) is 10.4. The van der Waals surface area contributed by atoms with E-state index < -0.39 is 12.0 Å². The van der Waals surface area contributed by atoms with Crippen molar-refractivity contribution in [1.29, 1.82) is 0 Å². The summed E-state index contributed by atoms with van der Waals surface area (Å²) in [5, 5.41) is 11.7. The van der Waals surface area contributed by atoms with E-state index in [0.29, 0.717) is 19.5 Å². The summed E-state index contributed by atoms with van der Waals surface area (Å²) in [5.74, 6) is -0.881. The Labute approximate surface area is 81.5 Å². The maximum absolute atomic E-state index is 10.8. The fourth-order valence-corrected chi connectivity index (χ4v) is 1.12. The van der Waals surface area contributed by atoms with E-state index >= 15 is 0 Å². The molecule has 0 radical (unpaired) electrons. The number of carboxylic acid groups (broad SMARTS) is 1. The van der Waals surface area contributed by atoms with Crippen molar-refractivity contribution in [2.45, 2.75) is 12.5 Å². The highest BCUT2D eigenvalue weighted by Crippen LogP contribution is 1.98. The van der Waals surface area contributed by atoms with E-state index in [1.807, 2.05) is 0 Å². The van der Waals surface area contributed by atoms with Gasteiger partial charge in [-0.15, -0.1) is 0 Å². The van der Waals surface area contributed by atoms with Crippen molar-refractivity contribution in [1.82, 2.24) is 15.3 Å². The van der Waals surface area contributed by atoms with Crippen LogP contribution < -0.4 is 11.1 Å². The maximum Gasteiger partial charge on any atom is 0.321 e. The Kier molecular flexibility index (Phi) is 4.09. The lowest BCUT2D eigenvalue weighted by Gasteiger charge is -2.12. The van der Waals surface area contributed by atoms with Crippen LogP contribution in [0.3, 0.4) is 0 Å². The molecular weight excluding hydrogens is 184 g/mol. The molecule has 0 aliphatic carbocycles. The normalized spacial score (nSPS) is 12.6. The second-order valence-electron chi connectivity index (χ2n) is 2.91. The molecule has 0 aliphatic heterocycles. The van der Waals surface area contributed by atoms with Crippen LogP contribution in [0.5, 0.6) is 0 Å². The monoisotopic (exact) mass is 198 g/mol. The van der Waals surface area contributed by atoms with Crippen LogP contribution in [-0.4, -0.2) is 40.2 Å². The number of hydrogen-bond acceptors (Lipinski definition) is 4. The summed E-state index contributed by atoms with van der Waals surface area (Å²) in [6.45, 7) is 0.915. The molecule has 0 spiro atoms. The Morgan fingerprint density at radius 2 is 2.57 bits per heavy atom. The number of aromatic nitrogens is 2. The van der Waals surface area contributed by atoms with Gasteiger partial charge in [0.05, 0.1) is 6.33 Å². The number of nitrogens with zero attached hydrogens (tertiary/aromatic N) is 1. The molecule has 6 heteroatoms. The van der Waals surface area contributed by atoms with Gasteiger partial charge in [-0.3, -0.25) is 4.79 Å². The molecule has 0 fully saturated rings. The molecule has 1 rings (SSSR count). The fraction of sp³-hybridized carbons (Fsp3) is 0.500. The van der Waals surface area contributed by atoms with Gasteiger partial charge in [0.15, 0.2) is 0 Å². The van der Waals surface area contributed by atoms with Gasteiger partial charge >= 0.3 is 5.97 Å². The Hall–Kier alpha value is -1.40. The van der Waals surface area contributed by atoms with Gasteiger partial charge in [-0.1, -0.05) is 0 Å². The van der Waals surface area contributed by atoms with Crippen molar-refractivity contribution in [2.75, 3.05) is 13.1 Å². The predicted molar refractivity (Wildman–Crippen MR) is 50.8 cm³/mol. The molecule has 0 saturated heterocycles. The third kappa shape index (κ3) is 3.15. The molecule has 0 bridgehead atoms. The highest BCUT2D eigenvalue weighted by molar-refractivity contribution is 5.73. The summed E-state index contributed by atoms with van der Waals surface area (Å²) in [6, 6.07) is -0.612. The Morgan fingerprint density at radius 3 is 3.07 bits per heavy atom. The van der Waals surface area contributed by atoms with E-state index in [1.54, 1.807) is 6.20 Å². The molecular formula is C8H14N4O2. The third-order valence-corrected chi connectivity index (χ3v) is 1.81. The molecule has 0 amide bonds. The highest BCUT2D eigenvalue weighted by Gasteiger charge is 2.17. The standard InChI is InChI=1S/C8H14N4O2/c9-1-2-11-7(8(13)14)3-6-4-10-5-12-6/h4-5,7,11H,1-3,9H2,(H,10,12)(H,13,14)/t7-/m0/s1. The van der Waals surface area contributed by atoms with Crippen LogP contribution in [0, 0.1) is 0 Å². The van der Waals surface area contributed by atoms with Gasteiger partial charge in [0, 0.05) is 31.4 Å². The summed E-state index contributed by atoms with van der Waals surface area (Å²) in [6.07, 6.45) is 3.52. The van der Waals surface area contributed by atoms with Gasteiger partial charge in [0.1, 0.15) is 6.04 Å². The molecule has 78 valence electrons. The van der Waals surface area contributed by atoms with Gasteiger partial charge in [-0.05, 0) is 0 Å². The number of nitrogens with one attached hydrogen (secondary N) is 2. The number of aromatic amines is 1. The average molecular weight is 198 g/mol. The van der Waals surface area contributed by atoms with E-state index in [9.17, 15) is 4.79 Å². The topological polar surface area (TPSA) is 104 Å². The number of aliphatic carboxylic acids is 1. The first kappa shape index (κ1) is 10.7. The van der Waals surface area contributed by atoms with Crippen molar-refractivity contribution in [3.8, 4) is 0 Å². The Morgan fingerprint density at radius 1 is 1.79 bits per heavy atom. The number of rotatable bonds is 6. The zero-order valence-corrected chi connectivity index (χ0v) is 7.73.